The Hall–Kier alpha value is -1.32. The van der Waals surface area contributed by atoms with Crippen LogP contribution in [0.5, 0.6) is 5.75 Å². The van der Waals surface area contributed by atoms with Crippen molar-refractivity contribution in [1.82, 2.24) is 4.90 Å². The van der Waals surface area contributed by atoms with E-state index >= 15 is 0 Å². The topological polar surface area (TPSA) is 12.5 Å². The first-order valence-electron chi connectivity index (χ1n) is 6.79. The molecule has 1 heterocycles. The molecule has 1 unspecified atom stereocenters. The van der Waals surface area contributed by atoms with Crippen LogP contribution in [0.2, 0.25) is 0 Å². The van der Waals surface area contributed by atoms with E-state index in [0.717, 1.165) is 23.2 Å². The average Bonchev–Trinajstić information content (AvgIpc) is 2.46. The molecule has 1 atom stereocenters. The first-order chi connectivity index (χ1) is 9.69. The largest absolute Gasteiger partial charge is 0.496 e. The maximum absolute atomic E-state index is 5.54. The maximum atomic E-state index is 5.54. The van der Waals surface area contributed by atoms with Gasteiger partial charge in [0.1, 0.15) is 5.75 Å². The van der Waals surface area contributed by atoms with E-state index in [1.807, 2.05) is 12.1 Å². The Balaban J connectivity index is 2.01. The van der Waals surface area contributed by atoms with Crippen LogP contribution in [0.4, 0.5) is 0 Å². The lowest BCUT2D eigenvalue weighted by Crippen LogP contribution is -2.31. The lowest BCUT2D eigenvalue weighted by molar-refractivity contribution is 0.213. The van der Waals surface area contributed by atoms with Crippen LogP contribution >= 0.6 is 15.9 Å². The molecule has 0 bridgehead atoms. The van der Waals surface area contributed by atoms with Crippen LogP contribution in [0, 0.1) is 0 Å². The summed E-state index contributed by atoms with van der Waals surface area (Å²) in [6, 6.07) is 15.3. The van der Waals surface area contributed by atoms with E-state index in [2.05, 4.69) is 58.2 Å². The molecule has 0 aliphatic carbocycles. The molecule has 0 radical (unpaired) electrons. The van der Waals surface area contributed by atoms with Gasteiger partial charge in [0.25, 0.3) is 0 Å². The van der Waals surface area contributed by atoms with Crippen LogP contribution in [-0.2, 0) is 13.0 Å². The van der Waals surface area contributed by atoms with Crippen molar-refractivity contribution in [3.8, 4) is 5.75 Å². The van der Waals surface area contributed by atoms with Crippen LogP contribution in [0.15, 0.2) is 46.9 Å². The van der Waals surface area contributed by atoms with Gasteiger partial charge in [-0.1, -0.05) is 40.2 Å². The van der Waals surface area contributed by atoms with E-state index in [4.69, 9.17) is 4.74 Å². The van der Waals surface area contributed by atoms with Gasteiger partial charge in [0.2, 0.25) is 0 Å². The number of rotatable bonds is 2. The van der Waals surface area contributed by atoms with Crippen molar-refractivity contribution in [3.63, 3.8) is 0 Å². The zero-order chi connectivity index (χ0) is 14.1. The van der Waals surface area contributed by atoms with E-state index in [-0.39, 0.29) is 0 Å². The van der Waals surface area contributed by atoms with Crippen LogP contribution in [0.25, 0.3) is 0 Å². The molecule has 3 rings (SSSR count). The van der Waals surface area contributed by atoms with Crippen molar-refractivity contribution >= 4 is 15.9 Å². The van der Waals surface area contributed by atoms with Gasteiger partial charge in [-0.15, -0.1) is 0 Å². The minimum atomic E-state index is 0.359. The van der Waals surface area contributed by atoms with Gasteiger partial charge in [-0.2, -0.15) is 0 Å². The monoisotopic (exact) mass is 331 g/mol. The summed E-state index contributed by atoms with van der Waals surface area (Å²) < 4.78 is 6.64. The molecule has 1 aliphatic rings. The average molecular weight is 332 g/mol. The molecule has 0 aromatic heterocycles. The third kappa shape index (κ3) is 2.48. The molecule has 0 saturated carbocycles. The zero-order valence-electron chi connectivity index (χ0n) is 11.8. The van der Waals surface area contributed by atoms with Gasteiger partial charge >= 0.3 is 0 Å². The second-order valence-electron chi connectivity index (χ2n) is 5.29. The molecule has 2 nitrogen and oxygen atoms in total. The Morgan fingerprint density at radius 1 is 1.15 bits per heavy atom. The predicted molar refractivity (Wildman–Crippen MR) is 85.0 cm³/mol. The van der Waals surface area contributed by atoms with Gasteiger partial charge in [-0.3, -0.25) is 4.90 Å². The molecule has 2 aromatic rings. The normalized spacial score (nSPS) is 18.6. The number of fused-ring (bicyclic) bond motifs is 1. The van der Waals surface area contributed by atoms with Gasteiger partial charge in [0.05, 0.1) is 7.11 Å². The Labute approximate surface area is 128 Å². The van der Waals surface area contributed by atoms with Gasteiger partial charge in [0.15, 0.2) is 0 Å². The molecule has 1 aliphatic heterocycles. The Kier molecular flexibility index (Phi) is 3.81. The summed E-state index contributed by atoms with van der Waals surface area (Å²) in [7, 11) is 3.92. The van der Waals surface area contributed by atoms with E-state index in [1.54, 1.807) is 7.11 Å². The number of hydrogen-bond donors (Lipinski definition) is 0. The van der Waals surface area contributed by atoms with Gasteiger partial charge in [-0.05, 0) is 42.8 Å². The number of benzene rings is 2. The Morgan fingerprint density at radius 2 is 1.90 bits per heavy atom. The van der Waals surface area contributed by atoms with Crippen LogP contribution in [-0.4, -0.2) is 19.1 Å². The van der Waals surface area contributed by atoms with E-state index in [9.17, 15) is 0 Å². The van der Waals surface area contributed by atoms with Gasteiger partial charge in [-0.25, -0.2) is 0 Å². The molecule has 0 fully saturated rings. The van der Waals surface area contributed by atoms with Crippen LogP contribution in [0.1, 0.15) is 22.7 Å². The van der Waals surface area contributed by atoms with Crippen molar-refractivity contribution in [2.45, 2.75) is 19.0 Å². The number of methoxy groups -OCH3 is 1. The molecule has 104 valence electrons. The van der Waals surface area contributed by atoms with Gasteiger partial charge in [0, 0.05) is 22.6 Å². The Morgan fingerprint density at radius 3 is 2.65 bits per heavy atom. The molecular formula is C17H18BrNO. The second kappa shape index (κ2) is 5.58. The van der Waals surface area contributed by atoms with Crippen molar-refractivity contribution in [2.75, 3.05) is 14.2 Å². The van der Waals surface area contributed by atoms with Crippen LogP contribution < -0.4 is 4.74 Å². The lowest BCUT2D eigenvalue weighted by atomic mass is 9.90. The number of nitrogens with zero attached hydrogens (tertiary/aromatic N) is 1. The quantitative estimate of drug-likeness (QED) is 0.818. The molecule has 2 aromatic carbocycles. The lowest BCUT2D eigenvalue weighted by Gasteiger charge is -2.35. The molecule has 0 amide bonds. The number of halogens is 1. The summed E-state index contributed by atoms with van der Waals surface area (Å²) in [4.78, 5) is 2.40. The summed E-state index contributed by atoms with van der Waals surface area (Å²) in [5.41, 5.74) is 4.12. The molecule has 0 saturated heterocycles. The fraction of sp³-hybridized carbons (Fsp3) is 0.294. The summed E-state index contributed by atoms with van der Waals surface area (Å²) >= 11 is 3.57. The van der Waals surface area contributed by atoms with Gasteiger partial charge < -0.3 is 4.74 Å². The summed E-state index contributed by atoms with van der Waals surface area (Å²) in [5.74, 6) is 0.962. The zero-order valence-corrected chi connectivity index (χ0v) is 13.4. The van der Waals surface area contributed by atoms with Crippen molar-refractivity contribution in [3.05, 3.63) is 63.6 Å². The number of ether oxygens (including phenoxy) is 1. The fourth-order valence-electron chi connectivity index (χ4n) is 2.97. The third-order valence-electron chi connectivity index (χ3n) is 4.03. The van der Waals surface area contributed by atoms with E-state index in [0.29, 0.717) is 6.04 Å². The first-order valence-corrected chi connectivity index (χ1v) is 7.59. The molecule has 0 spiro atoms. The number of hydrogen-bond acceptors (Lipinski definition) is 2. The first kappa shape index (κ1) is 13.7. The standard InChI is InChI=1S/C17H18BrNO/c1-19-11-13-6-4-3-5-12(13)9-16(19)15-10-14(18)7-8-17(15)20-2/h3-8,10,16H,9,11H2,1-2H3. The molecule has 20 heavy (non-hydrogen) atoms. The maximum Gasteiger partial charge on any atom is 0.123 e. The number of likely N-dealkylation sites (N-methyl/N-ethyl adjacent to an activating group) is 1. The predicted octanol–water partition coefficient (Wildman–Crippen LogP) is 4.19. The SMILES string of the molecule is COc1ccc(Br)cc1C1Cc2ccccc2CN1C. The fourth-order valence-corrected chi connectivity index (χ4v) is 3.35. The molecule has 0 N–H and O–H groups in total. The highest BCUT2D eigenvalue weighted by Gasteiger charge is 2.26. The third-order valence-corrected chi connectivity index (χ3v) is 4.53. The minimum Gasteiger partial charge on any atom is -0.496 e. The highest BCUT2D eigenvalue weighted by molar-refractivity contribution is 9.10. The summed E-state index contributed by atoms with van der Waals surface area (Å²) in [6.45, 7) is 0.983. The van der Waals surface area contributed by atoms with Crippen molar-refractivity contribution < 1.29 is 4.74 Å². The second-order valence-corrected chi connectivity index (χ2v) is 6.21. The summed E-state index contributed by atoms with van der Waals surface area (Å²) in [6.07, 6.45) is 1.03. The van der Waals surface area contributed by atoms with Crippen LogP contribution in [0.3, 0.4) is 0 Å². The Bertz CT molecular complexity index is 626. The highest BCUT2D eigenvalue weighted by Crippen LogP contribution is 2.37. The minimum absolute atomic E-state index is 0.359. The molecular weight excluding hydrogens is 314 g/mol. The van der Waals surface area contributed by atoms with Crippen molar-refractivity contribution in [1.29, 1.82) is 0 Å². The summed E-state index contributed by atoms with van der Waals surface area (Å²) in [5, 5.41) is 0. The van der Waals surface area contributed by atoms with E-state index < -0.39 is 0 Å². The molecule has 3 heteroatoms. The smallest absolute Gasteiger partial charge is 0.123 e. The highest BCUT2D eigenvalue weighted by atomic mass is 79.9. The van der Waals surface area contributed by atoms with Crippen molar-refractivity contribution in [2.24, 2.45) is 0 Å². The van der Waals surface area contributed by atoms with E-state index in [1.165, 1.54) is 16.7 Å².